The number of rotatable bonds is 4. The number of aromatic nitrogens is 1. The van der Waals surface area contributed by atoms with Gasteiger partial charge in [0.15, 0.2) is 11.4 Å². The van der Waals surface area contributed by atoms with Gasteiger partial charge in [-0.1, -0.05) is 18.2 Å². The fourth-order valence-electron chi connectivity index (χ4n) is 2.24. The van der Waals surface area contributed by atoms with Crippen molar-refractivity contribution in [1.29, 1.82) is 0 Å². The van der Waals surface area contributed by atoms with Gasteiger partial charge in [0, 0.05) is 17.6 Å². The van der Waals surface area contributed by atoms with Crippen LogP contribution in [-0.4, -0.2) is 12.1 Å². The highest BCUT2D eigenvalue weighted by atomic mass is 19.1. The van der Waals surface area contributed by atoms with Gasteiger partial charge in [-0.25, -0.2) is 9.37 Å². The molecule has 0 bridgehead atoms. The van der Waals surface area contributed by atoms with Crippen molar-refractivity contribution in [2.45, 2.75) is 12.5 Å². The van der Waals surface area contributed by atoms with Crippen molar-refractivity contribution in [1.82, 2.24) is 4.98 Å². The first-order chi connectivity index (χ1) is 10.2. The summed E-state index contributed by atoms with van der Waals surface area (Å²) in [7, 11) is 1.57. The molecule has 0 spiro atoms. The van der Waals surface area contributed by atoms with Crippen LogP contribution >= 0.6 is 0 Å². The molecule has 1 aromatic carbocycles. The van der Waals surface area contributed by atoms with Gasteiger partial charge in [-0.2, -0.15) is 0 Å². The van der Waals surface area contributed by atoms with Gasteiger partial charge in [0.2, 0.25) is 5.88 Å². The fourth-order valence-corrected chi connectivity index (χ4v) is 2.24. The molecule has 0 fully saturated rings. The largest absolute Gasteiger partial charge is 0.481 e. The molecular weight excluding hydrogens is 271 g/mol. The molecule has 108 valence electrons. The highest BCUT2D eigenvalue weighted by Gasteiger charge is 2.15. The van der Waals surface area contributed by atoms with Gasteiger partial charge in [-0.3, -0.25) is 0 Å². The van der Waals surface area contributed by atoms with Crippen LogP contribution in [-0.2, 0) is 6.42 Å². The van der Waals surface area contributed by atoms with Crippen LogP contribution in [0.2, 0.25) is 0 Å². The average molecular weight is 286 g/mol. The summed E-state index contributed by atoms with van der Waals surface area (Å²) in [6.45, 7) is 0. The molecule has 2 N–H and O–H groups in total. The number of halogens is 1. The maximum absolute atomic E-state index is 13.6. The molecule has 0 radical (unpaired) electrons. The van der Waals surface area contributed by atoms with Crippen molar-refractivity contribution in [3.05, 3.63) is 59.7 Å². The molecule has 0 aliphatic carbocycles. The first-order valence-electron chi connectivity index (χ1n) is 6.60. The van der Waals surface area contributed by atoms with Gasteiger partial charge in [-0.15, -0.1) is 0 Å². The number of hydrogen-bond donors (Lipinski definition) is 1. The number of nitrogens with zero attached hydrogens (tertiary/aromatic N) is 1. The summed E-state index contributed by atoms with van der Waals surface area (Å²) < 4.78 is 24.2. The van der Waals surface area contributed by atoms with Crippen molar-refractivity contribution in [3.63, 3.8) is 0 Å². The summed E-state index contributed by atoms with van der Waals surface area (Å²) in [6, 6.07) is 9.92. The molecule has 3 aromatic rings. The van der Waals surface area contributed by atoms with Crippen molar-refractivity contribution >= 4 is 11.0 Å². The van der Waals surface area contributed by atoms with Crippen LogP contribution in [0, 0.1) is 5.82 Å². The zero-order valence-electron chi connectivity index (χ0n) is 11.5. The third-order valence-corrected chi connectivity index (χ3v) is 3.34. The molecule has 0 saturated heterocycles. The average Bonchev–Trinajstić information content (AvgIpc) is 2.94. The van der Waals surface area contributed by atoms with Crippen LogP contribution in [0.3, 0.4) is 0 Å². The summed E-state index contributed by atoms with van der Waals surface area (Å²) in [5.41, 5.74) is 7.34. The highest BCUT2D eigenvalue weighted by Crippen LogP contribution is 2.26. The lowest BCUT2D eigenvalue weighted by Crippen LogP contribution is -2.12. The predicted octanol–water partition coefficient (Wildman–Crippen LogP) is 3.22. The van der Waals surface area contributed by atoms with E-state index in [-0.39, 0.29) is 17.4 Å². The molecule has 0 saturated carbocycles. The molecule has 21 heavy (non-hydrogen) atoms. The maximum Gasteiger partial charge on any atom is 0.212 e. The lowest BCUT2D eigenvalue weighted by atomic mass is 10.1. The van der Waals surface area contributed by atoms with E-state index in [2.05, 4.69) is 4.98 Å². The van der Waals surface area contributed by atoms with Crippen LogP contribution in [0.5, 0.6) is 5.88 Å². The van der Waals surface area contributed by atoms with E-state index < -0.39 is 0 Å². The second kappa shape index (κ2) is 5.54. The van der Waals surface area contributed by atoms with E-state index in [0.717, 1.165) is 5.56 Å². The van der Waals surface area contributed by atoms with Gasteiger partial charge in [0.25, 0.3) is 0 Å². The number of pyridine rings is 1. The standard InChI is InChI=1S/C16H15FN2O2/c1-20-15-6-5-10(9-19-15)7-13(18)14-8-11-3-2-4-12(17)16(11)21-14/h2-6,8-9,13H,7,18H2,1H3. The summed E-state index contributed by atoms with van der Waals surface area (Å²) in [6.07, 6.45) is 2.26. The molecule has 5 heteroatoms. The van der Waals surface area contributed by atoms with Crippen LogP contribution < -0.4 is 10.5 Å². The van der Waals surface area contributed by atoms with E-state index in [0.29, 0.717) is 23.4 Å². The Labute approximate surface area is 121 Å². The summed E-state index contributed by atoms with van der Waals surface area (Å²) in [5, 5.41) is 0.716. The Morgan fingerprint density at radius 1 is 1.33 bits per heavy atom. The van der Waals surface area contributed by atoms with Gasteiger partial charge < -0.3 is 14.9 Å². The predicted molar refractivity (Wildman–Crippen MR) is 77.6 cm³/mol. The number of benzene rings is 1. The summed E-state index contributed by atoms with van der Waals surface area (Å²) in [4.78, 5) is 4.13. The Morgan fingerprint density at radius 2 is 2.19 bits per heavy atom. The Morgan fingerprint density at radius 3 is 2.86 bits per heavy atom. The zero-order valence-corrected chi connectivity index (χ0v) is 11.5. The van der Waals surface area contributed by atoms with Crippen LogP contribution in [0.15, 0.2) is 47.0 Å². The second-order valence-electron chi connectivity index (χ2n) is 4.83. The summed E-state index contributed by atoms with van der Waals surface area (Å²) >= 11 is 0. The Kier molecular flexibility index (Phi) is 3.58. The quantitative estimate of drug-likeness (QED) is 0.800. The van der Waals surface area contributed by atoms with Crippen molar-refractivity contribution in [2.24, 2.45) is 5.73 Å². The first-order valence-corrected chi connectivity index (χ1v) is 6.60. The van der Waals surface area contributed by atoms with E-state index in [4.69, 9.17) is 14.9 Å². The molecule has 0 amide bonds. The minimum Gasteiger partial charge on any atom is -0.481 e. The lowest BCUT2D eigenvalue weighted by Gasteiger charge is -2.08. The van der Waals surface area contributed by atoms with E-state index >= 15 is 0 Å². The third-order valence-electron chi connectivity index (χ3n) is 3.34. The zero-order chi connectivity index (χ0) is 14.8. The number of hydrogen-bond acceptors (Lipinski definition) is 4. The molecule has 2 aromatic heterocycles. The van der Waals surface area contributed by atoms with Gasteiger partial charge in [0.1, 0.15) is 5.76 Å². The molecular formula is C16H15FN2O2. The molecule has 0 aliphatic heterocycles. The van der Waals surface area contributed by atoms with E-state index in [1.54, 1.807) is 37.6 Å². The molecule has 1 atom stereocenters. The Balaban J connectivity index is 1.82. The molecule has 3 rings (SSSR count). The van der Waals surface area contributed by atoms with Gasteiger partial charge in [-0.05, 0) is 24.1 Å². The van der Waals surface area contributed by atoms with Crippen molar-refractivity contribution in [2.75, 3.05) is 7.11 Å². The molecule has 1 unspecified atom stereocenters. The minimum atomic E-state index is -0.378. The smallest absolute Gasteiger partial charge is 0.212 e. The number of methoxy groups -OCH3 is 1. The number of fused-ring (bicyclic) bond motifs is 1. The number of nitrogens with two attached hydrogens (primary N) is 1. The fraction of sp³-hybridized carbons (Fsp3) is 0.188. The van der Waals surface area contributed by atoms with Crippen LogP contribution in [0.1, 0.15) is 17.4 Å². The SMILES string of the molecule is COc1ccc(CC(N)c2cc3cccc(F)c3o2)cn1. The normalized spacial score (nSPS) is 12.5. The van der Waals surface area contributed by atoms with E-state index in [9.17, 15) is 4.39 Å². The third kappa shape index (κ3) is 2.73. The topological polar surface area (TPSA) is 61.3 Å². The van der Waals surface area contributed by atoms with E-state index in [1.807, 2.05) is 6.07 Å². The second-order valence-corrected chi connectivity index (χ2v) is 4.83. The highest BCUT2D eigenvalue weighted by molar-refractivity contribution is 5.78. The Bertz CT molecular complexity index is 753. The van der Waals surface area contributed by atoms with Gasteiger partial charge in [0.05, 0.1) is 13.2 Å². The molecule has 4 nitrogen and oxygen atoms in total. The van der Waals surface area contributed by atoms with Crippen LogP contribution in [0.4, 0.5) is 4.39 Å². The maximum atomic E-state index is 13.6. The van der Waals surface area contributed by atoms with Crippen molar-refractivity contribution < 1.29 is 13.5 Å². The summed E-state index contributed by atoms with van der Waals surface area (Å²) in [5.74, 6) is 0.737. The number of furan rings is 1. The monoisotopic (exact) mass is 286 g/mol. The van der Waals surface area contributed by atoms with Crippen LogP contribution in [0.25, 0.3) is 11.0 Å². The van der Waals surface area contributed by atoms with Gasteiger partial charge >= 0.3 is 0 Å². The lowest BCUT2D eigenvalue weighted by molar-refractivity contribution is 0.397. The minimum absolute atomic E-state index is 0.246. The number of para-hydroxylation sites is 1. The van der Waals surface area contributed by atoms with Crippen molar-refractivity contribution in [3.8, 4) is 5.88 Å². The van der Waals surface area contributed by atoms with E-state index in [1.165, 1.54) is 6.07 Å². The first kappa shape index (κ1) is 13.6. The molecule has 0 aliphatic rings. The Hall–Kier alpha value is -2.40. The number of ether oxygens (including phenoxy) is 1. The molecule has 2 heterocycles.